The molecule has 0 aliphatic carbocycles. The first-order valence-corrected chi connectivity index (χ1v) is 11.1. The molecule has 4 rings (SSSR count). The van der Waals surface area contributed by atoms with Crippen molar-refractivity contribution < 1.29 is 22.4 Å². The second-order valence-electron chi connectivity index (χ2n) is 7.04. The molecule has 1 aliphatic heterocycles. The van der Waals surface area contributed by atoms with E-state index in [9.17, 15) is 8.42 Å². The van der Waals surface area contributed by atoms with Gasteiger partial charge in [-0.1, -0.05) is 5.16 Å². The Morgan fingerprint density at radius 2 is 1.63 bits per heavy atom. The van der Waals surface area contributed by atoms with Crippen molar-refractivity contribution in [1.29, 1.82) is 0 Å². The van der Waals surface area contributed by atoms with Crippen LogP contribution in [0, 0.1) is 0 Å². The molecule has 0 bridgehead atoms. The van der Waals surface area contributed by atoms with Gasteiger partial charge in [-0.25, -0.2) is 8.42 Å². The number of ether oxygens (including phenoxy) is 2. The monoisotopic (exact) mass is 429 g/mol. The van der Waals surface area contributed by atoms with Crippen LogP contribution in [0.2, 0.25) is 0 Å². The summed E-state index contributed by atoms with van der Waals surface area (Å²) in [6.45, 7) is 1.15. The second-order valence-corrected chi connectivity index (χ2v) is 8.98. The van der Waals surface area contributed by atoms with Gasteiger partial charge in [0, 0.05) is 24.7 Å². The fourth-order valence-corrected chi connectivity index (χ4v) is 4.96. The number of methoxy groups -OCH3 is 2. The number of rotatable bonds is 7. The molecule has 30 heavy (non-hydrogen) atoms. The largest absolute Gasteiger partial charge is 0.497 e. The van der Waals surface area contributed by atoms with Crippen LogP contribution in [0.25, 0.3) is 11.4 Å². The van der Waals surface area contributed by atoms with E-state index < -0.39 is 10.0 Å². The van der Waals surface area contributed by atoms with E-state index >= 15 is 0 Å². The Morgan fingerprint density at radius 1 is 1.00 bits per heavy atom. The number of hydrogen-bond acceptors (Lipinski definition) is 7. The molecule has 0 spiro atoms. The zero-order valence-corrected chi connectivity index (χ0v) is 17.7. The number of aromatic nitrogens is 2. The van der Waals surface area contributed by atoms with Gasteiger partial charge in [-0.05, 0) is 54.8 Å². The SMILES string of the molecule is COc1cc(Cc2nc(-c3ccc(S(=O)(=O)N4CCCC4)cc3)no2)cc(OC)c1. The minimum atomic E-state index is -3.44. The van der Waals surface area contributed by atoms with Crippen LogP contribution in [-0.4, -0.2) is 50.2 Å². The fraction of sp³-hybridized carbons (Fsp3) is 0.333. The van der Waals surface area contributed by atoms with Crippen LogP contribution in [-0.2, 0) is 16.4 Å². The first kappa shape index (κ1) is 20.4. The summed E-state index contributed by atoms with van der Waals surface area (Å²) in [5.41, 5.74) is 1.60. The van der Waals surface area contributed by atoms with Gasteiger partial charge in [0.15, 0.2) is 0 Å². The van der Waals surface area contributed by atoms with E-state index in [2.05, 4.69) is 10.1 Å². The zero-order chi connectivity index (χ0) is 21.1. The molecule has 1 fully saturated rings. The predicted octanol–water partition coefficient (Wildman–Crippen LogP) is 3.13. The lowest BCUT2D eigenvalue weighted by atomic mass is 10.1. The summed E-state index contributed by atoms with van der Waals surface area (Å²) in [6.07, 6.45) is 2.23. The Labute approximate surface area is 175 Å². The zero-order valence-electron chi connectivity index (χ0n) is 16.9. The van der Waals surface area contributed by atoms with Crippen LogP contribution < -0.4 is 9.47 Å². The number of hydrogen-bond donors (Lipinski definition) is 0. The van der Waals surface area contributed by atoms with Crippen LogP contribution in [0.3, 0.4) is 0 Å². The van der Waals surface area contributed by atoms with Crippen LogP contribution >= 0.6 is 0 Å². The highest BCUT2D eigenvalue weighted by Crippen LogP contribution is 2.26. The average molecular weight is 429 g/mol. The minimum Gasteiger partial charge on any atom is -0.497 e. The molecule has 0 radical (unpaired) electrons. The first-order chi connectivity index (χ1) is 14.5. The normalized spacial score (nSPS) is 14.7. The molecule has 3 aromatic rings. The molecule has 0 atom stereocenters. The van der Waals surface area contributed by atoms with Gasteiger partial charge in [-0.15, -0.1) is 0 Å². The van der Waals surface area contributed by atoms with Crippen LogP contribution in [0.4, 0.5) is 0 Å². The predicted molar refractivity (Wildman–Crippen MR) is 110 cm³/mol. The average Bonchev–Trinajstić information content (AvgIpc) is 3.46. The van der Waals surface area contributed by atoms with Crippen molar-refractivity contribution in [3.05, 3.63) is 53.9 Å². The summed E-state index contributed by atoms with van der Waals surface area (Å²) < 4.78 is 42.8. The van der Waals surface area contributed by atoms with E-state index in [1.807, 2.05) is 12.1 Å². The molecule has 158 valence electrons. The van der Waals surface area contributed by atoms with Crippen molar-refractivity contribution in [2.45, 2.75) is 24.2 Å². The van der Waals surface area contributed by atoms with Gasteiger partial charge in [0.05, 0.1) is 25.5 Å². The molecule has 2 aromatic carbocycles. The molecule has 1 saturated heterocycles. The summed E-state index contributed by atoms with van der Waals surface area (Å²) in [5, 5.41) is 4.03. The maximum atomic E-state index is 12.6. The van der Waals surface area contributed by atoms with E-state index in [0.29, 0.717) is 48.3 Å². The Hall–Kier alpha value is -2.91. The van der Waals surface area contributed by atoms with Crippen molar-refractivity contribution >= 4 is 10.0 Å². The topological polar surface area (TPSA) is 94.8 Å². The van der Waals surface area contributed by atoms with Gasteiger partial charge >= 0.3 is 0 Å². The van der Waals surface area contributed by atoms with Gasteiger partial charge in [-0.3, -0.25) is 0 Å². The minimum absolute atomic E-state index is 0.278. The number of nitrogens with zero attached hydrogens (tertiary/aromatic N) is 3. The summed E-state index contributed by atoms with van der Waals surface area (Å²) in [6, 6.07) is 12.1. The van der Waals surface area contributed by atoms with Gasteiger partial charge in [0.25, 0.3) is 0 Å². The fourth-order valence-electron chi connectivity index (χ4n) is 3.44. The second kappa shape index (κ2) is 8.45. The van der Waals surface area contributed by atoms with E-state index in [-0.39, 0.29) is 4.90 Å². The quantitative estimate of drug-likeness (QED) is 0.569. The lowest BCUT2D eigenvalue weighted by Gasteiger charge is -2.15. The third-order valence-electron chi connectivity index (χ3n) is 5.05. The molecule has 9 heteroatoms. The highest BCUT2D eigenvalue weighted by molar-refractivity contribution is 7.89. The lowest BCUT2D eigenvalue weighted by molar-refractivity contribution is 0.382. The lowest BCUT2D eigenvalue weighted by Crippen LogP contribution is -2.27. The molecule has 0 saturated carbocycles. The molecule has 0 amide bonds. The maximum Gasteiger partial charge on any atom is 0.243 e. The van der Waals surface area contributed by atoms with Crippen LogP contribution in [0.5, 0.6) is 11.5 Å². The smallest absolute Gasteiger partial charge is 0.243 e. The molecule has 0 N–H and O–H groups in total. The van der Waals surface area contributed by atoms with Crippen molar-refractivity contribution in [2.24, 2.45) is 0 Å². The van der Waals surface area contributed by atoms with Crippen LogP contribution in [0.15, 0.2) is 51.9 Å². The van der Waals surface area contributed by atoms with Crippen molar-refractivity contribution in [1.82, 2.24) is 14.4 Å². The number of sulfonamides is 1. The molecule has 0 unspecified atom stereocenters. The summed E-state index contributed by atoms with van der Waals surface area (Å²) in [5.74, 6) is 2.21. The van der Waals surface area contributed by atoms with Gasteiger partial charge < -0.3 is 14.0 Å². The summed E-state index contributed by atoms with van der Waals surface area (Å²) >= 11 is 0. The van der Waals surface area contributed by atoms with E-state index in [0.717, 1.165) is 18.4 Å². The van der Waals surface area contributed by atoms with Crippen molar-refractivity contribution in [3.8, 4) is 22.9 Å². The highest BCUT2D eigenvalue weighted by atomic mass is 32.2. The maximum absolute atomic E-state index is 12.6. The van der Waals surface area contributed by atoms with E-state index in [1.54, 1.807) is 44.6 Å². The van der Waals surface area contributed by atoms with E-state index in [4.69, 9.17) is 14.0 Å². The van der Waals surface area contributed by atoms with Crippen molar-refractivity contribution in [2.75, 3.05) is 27.3 Å². The van der Waals surface area contributed by atoms with E-state index in [1.165, 1.54) is 4.31 Å². The molecule has 2 heterocycles. The molecular formula is C21H23N3O5S. The third kappa shape index (κ3) is 4.17. The van der Waals surface area contributed by atoms with Gasteiger partial charge in [0.1, 0.15) is 11.5 Å². The highest BCUT2D eigenvalue weighted by Gasteiger charge is 2.27. The number of benzene rings is 2. The summed E-state index contributed by atoms with van der Waals surface area (Å²) in [7, 11) is -0.253. The Bertz CT molecular complexity index is 1100. The van der Waals surface area contributed by atoms with Gasteiger partial charge in [0.2, 0.25) is 21.7 Å². The Balaban J connectivity index is 1.52. The molecule has 1 aromatic heterocycles. The van der Waals surface area contributed by atoms with Crippen molar-refractivity contribution in [3.63, 3.8) is 0 Å². The standard InChI is InChI=1S/C21H23N3O5S/c1-27-17-11-15(12-18(14-17)28-2)13-20-22-21(23-29-20)16-5-7-19(8-6-16)30(25,26)24-9-3-4-10-24/h5-8,11-12,14H,3-4,9-10,13H2,1-2H3. The Kier molecular flexibility index (Phi) is 5.74. The summed E-state index contributed by atoms with van der Waals surface area (Å²) in [4.78, 5) is 4.71. The molecular weight excluding hydrogens is 406 g/mol. The molecule has 1 aliphatic rings. The first-order valence-electron chi connectivity index (χ1n) is 9.65. The molecule has 8 nitrogen and oxygen atoms in total. The van der Waals surface area contributed by atoms with Gasteiger partial charge in [-0.2, -0.15) is 9.29 Å². The third-order valence-corrected chi connectivity index (χ3v) is 6.96. The Morgan fingerprint density at radius 3 is 2.23 bits per heavy atom. The van der Waals surface area contributed by atoms with Crippen LogP contribution in [0.1, 0.15) is 24.3 Å².